The molecule has 4 N–H and O–H groups in total. The maximum atomic E-state index is 10.8. The van der Waals surface area contributed by atoms with Gasteiger partial charge in [0.05, 0.1) is 6.67 Å². The predicted octanol–water partition coefficient (Wildman–Crippen LogP) is -1.93. The Balaban J connectivity index is 2.70. The molecular formula is C6H9N3O2. The van der Waals surface area contributed by atoms with Crippen LogP contribution in [-0.2, 0) is 9.59 Å². The van der Waals surface area contributed by atoms with Gasteiger partial charge in [-0.05, 0) is 0 Å². The summed E-state index contributed by atoms with van der Waals surface area (Å²) in [6.07, 6.45) is 1.78. The van der Waals surface area contributed by atoms with Crippen LogP contribution in [0.3, 0.4) is 0 Å². The van der Waals surface area contributed by atoms with E-state index in [2.05, 4.69) is 10.6 Å². The molecule has 1 aliphatic rings. The Kier molecular flexibility index (Phi) is 2.22. The normalized spacial score (nSPS) is 23.3. The highest BCUT2D eigenvalue weighted by atomic mass is 16.2. The van der Waals surface area contributed by atoms with Gasteiger partial charge in [-0.2, -0.15) is 0 Å². The summed E-state index contributed by atoms with van der Waals surface area (Å²) in [5.74, 6) is -0.541. The molecule has 0 spiro atoms. The molecule has 0 aromatic carbocycles. The third kappa shape index (κ3) is 1.56. The van der Waals surface area contributed by atoms with Gasteiger partial charge in [0, 0.05) is 11.9 Å². The molecule has 1 unspecified atom stereocenters. The van der Waals surface area contributed by atoms with E-state index in [0.29, 0.717) is 12.4 Å². The summed E-state index contributed by atoms with van der Waals surface area (Å²) in [4.78, 5) is 20.9. The summed E-state index contributed by atoms with van der Waals surface area (Å²) in [5, 5.41) is 5.51. The van der Waals surface area contributed by atoms with Crippen molar-refractivity contribution >= 4 is 12.1 Å². The van der Waals surface area contributed by atoms with Crippen LogP contribution in [0.2, 0.25) is 0 Å². The molecule has 1 aliphatic heterocycles. The van der Waals surface area contributed by atoms with E-state index in [9.17, 15) is 9.59 Å². The number of aldehydes is 1. The van der Waals surface area contributed by atoms with Gasteiger partial charge < -0.3 is 11.1 Å². The minimum Gasteiger partial charge on any atom is -0.399 e. The first-order valence-electron chi connectivity index (χ1n) is 3.17. The number of nitrogens with one attached hydrogen (secondary N) is 2. The molecule has 1 rings (SSSR count). The van der Waals surface area contributed by atoms with Crippen molar-refractivity contribution in [3.63, 3.8) is 0 Å². The van der Waals surface area contributed by atoms with Crippen molar-refractivity contribution in [2.45, 2.75) is 6.04 Å². The first kappa shape index (κ1) is 7.74. The fourth-order valence-electron chi connectivity index (χ4n) is 0.864. The van der Waals surface area contributed by atoms with E-state index in [-0.39, 0.29) is 6.29 Å². The minimum atomic E-state index is -0.645. The standard InChI is InChI=1S/C6H9N3O2/c7-4-1-8-3-9-6(4)5(11)2-10/h1-2,6,8-9H,3,7H2. The maximum Gasteiger partial charge on any atom is 0.218 e. The second-order valence-corrected chi connectivity index (χ2v) is 2.18. The van der Waals surface area contributed by atoms with Crippen LogP contribution in [0.4, 0.5) is 0 Å². The Morgan fingerprint density at radius 2 is 2.55 bits per heavy atom. The van der Waals surface area contributed by atoms with E-state index in [1.165, 1.54) is 6.20 Å². The Bertz CT molecular complexity index is 212. The quantitative estimate of drug-likeness (QED) is 0.319. The van der Waals surface area contributed by atoms with E-state index < -0.39 is 11.8 Å². The van der Waals surface area contributed by atoms with Crippen LogP contribution >= 0.6 is 0 Å². The predicted molar refractivity (Wildman–Crippen MR) is 38.3 cm³/mol. The average molecular weight is 155 g/mol. The zero-order chi connectivity index (χ0) is 8.27. The maximum absolute atomic E-state index is 10.8. The number of rotatable bonds is 2. The number of carbonyl (C=O) groups excluding carboxylic acids is 2. The molecular weight excluding hydrogens is 146 g/mol. The number of ketones is 1. The third-order valence-electron chi connectivity index (χ3n) is 1.41. The fraction of sp³-hybridized carbons (Fsp3) is 0.333. The van der Waals surface area contributed by atoms with Crippen molar-refractivity contribution in [3.05, 3.63) is 11.9 Å². The van der Waals surface area contributed by atoms with Crippen molar-refractivity contribution in [2.24, 2.45) is 5.73 Å². The van der Waals surface area contributed by atoms with Crippen LogP contribution in [0.15, 0.2) is 11.9 Å². The van der Waals surface area contributed by atoms with Gasteiger partial charge in [-0.3, -0.25) is 14.9 Å². The molecule has 0 bridgehead atoms. The lowest BCUT2D eigenvalue weighted by atomic mass is 10.1. The zero-order valence-corrected chi connectivity index (χ0v) is 5.83. The summed E-state index contributed by atoms with van der Waals surface area (Å²) in [7, 11) is 0. The zero-order valence-electron chi connectivity index (χ0n) is 5.83. The molecule has 11 heavy (non-hydrogen) atoms. The summed E-state index contributed by atoms with van der Waals surface area (Å²) >= 11 is 0. The third-order valence-corrected chi connectivity index (χ3v) is 1.41. The second-order valence-electron chi connectivity index (χ2n) is 2.18. The van der Waals surface area contributed by atoms with Gasteiger partial charge in [0.15, 0.2) is 6.29 Å². The van der Waals surface area contributed by atoms with Crippen molar-refractivity contribution in [1.29, 1.82) is 0 Å². The van der Waals surface area contributed by atoms with Gasteiger partial charge in [0.25, 0.3) is 0 Å². The van der Waals surface area contributed by atoms with Gasteiger partial charge in [-0.15, -0.1) is 0 Å². The molecule has 0 saturated carbocycles. The molecule has 5 heteroatoms. The van der Waals surface area contributed by atoms with Crippen LogP contribution < -0.4 is 16.4 Å². The molecule has 0 aromatic heterocycles. The summed E-state index contributed by atoms with van der Waals surface area (Å²) in [6.45, 7) is 0.449. The molecule has 0 amide bonds. The molecule has 0 radical (unpaired) electrons. The van der Waals surface area contributed by atoms with Crippen LogP contribution in [-0.4, -0.2) is 24.8 Å². The molecule has 0 saturated heterocycles. The van der Waals surface area contributed by atoms with Crippen LogP contribution in [0.5, 0.6) is 0 Å². The lowest BCUT2D eigenvalue weighted by Gasteiger charge is -2.20. The van der Waals surface area contributed by atoms with Gasteiger partial charge in [-0.25, -0.2) is 0 Å². The number of hydrogen-bond acceptors (Lipinski definition) is 5. The monoisotopic (exact) mass is 155 g/mol. The Morgan fingerprint density at radius 1 is 1.82 bits per heavy atom. The van der Waals surface area contributed by atoms with Crippen molar-refractivity contribution in [2.75, 3.05) is 6.67 Å². The lowest BCUT2D eigenvalue weighted by molar-refractivity contribution is -0.130. The first-order valence-corrected chi connectivity index (χ1v) is 3.17. The molecule has 1 atom stereocenters. The molecule has 5 nitrogen and oxygen atoms in total. The van der Waals surface area contributed by atoms with Crippen molar-refractivity contribution in [3.8, 4) is 0 Å². The first-order chi connectivity index (χ1) is 5.25. The van der Waals surface area contributed by atoms with E-state index in [4.69, 9.17) is 5.73 Å². The lowest BCUT2D eigenvalue weighted by Crippen LogP contribution is -2.48. The molecule has 0 aliphatic carbocycles. The Morgan fingerprint density at radius 3 is 3.09 bits per heavy atom. The highest BCUT2D eigenvalue weighted by molar-refractivity contribution is 6.28. The smallest absolute Gasteiger partial charge is 0.218 e. The number of hydrogen-bond donors (Lipinski definition) is 3. The van der Waals surface area contributed by atoms with E-state index in [1.54, 1.807) is 0 Å². The largest absolute Gasteiger partial charge is 0.399 e. The molecule has 0 fully saturated rings. The van der Waals surface area contributed by atoms with Crippen LogP contribution in [0.25, 0.3) is 0 Å². The van der Waals surface area contributed by atoms with Crippen LogP contribution in [0.1, 0.15) is 0 Å². The Hall–Kier alpha value is -1.36. The number of carbonyl (C=O) groups is 2. The van der Waals surface area contributed by atoms with Gasteiger partial charge in [-0.1, -0.05) is 0 Å². The van der Waals surface area contributed by atoms with Gasteiger partial charge in [0.2, 0.25) is 5.78 Å². The summed E-state index contributed by atoms with van der Waals surface area (Å²) in [5.41, 5.74) is 5.75. The van der Waals surface area contributed by atoms with E-state index in [1.807, 2.05) is 0 Å². The number of Topliss-reactive ketones (excluding diaryl/α,β-unsaturated/α-hetero) is 1. The van der Waals surface area contributed by atoms with Gasteiger partial charge >= 0.3 is 0 Å². The Labute approximate surface area is 63.6 Å². The molecule has 0 aromatic rings. The van der Waals surface area contributed by atoms with Gasteiger partial charge in [0.1, 0.15) is 6.04 Å². The van der Waals surface area contributed by atoms with Crippen molar-refractivity contribution in [1.82, 2.24) is 10.6 Å². The molecule has 1 heterocycles. The van der Waals surface area contributed by atoms with Crippen molar-refractivity contribution < 1.29 is 9.59 Å². The van der Waals surface area contributed by atoms with E-state index in [0.717, 1.165) is 0 Å². The highest BCUT2D eigenvalue weighted by Crippen LogP contribution is 1.96. The fourth-order valence-corrected chi connectivity index (χ4v) is 0.864. The van der Waals surface area contributed by atoms with E-state index >= 15 is 0 Å². The minimum absolute atomic E-state index is 0.268. The number of nitrogens with two attached hydrogens (primary N) is 1. The summed E-state index contributed by atoms with van der Waals surface area (Å²) < 4.78 is 0. The summed E-state index contributed by atoms with van der Waals surface area (Å²) in [6, 6.07) is -0.645. The molecule has 60 valence electrons. The topological polar surface area (TPSA) is 84.2 Å². The second kappa shape index (κ2) is 3.16. The average Bonchev–Trinajstić information content (AvgIpc) is 2.04. The SMILES string of the molecule is NC1=CNCNC1C(=O)C=O. The van der Waals surface area contributed by atoms with Crippen LogP contribution in [0, 0.1) is 0 Å². The highest BCUT2D eigenvalue weighted by Gasteiger charge is 2.21.